The largest absolute Gasteiger partial charge is 0.493 e. The van der Waals surface area contributed by atoms with Gasteiger partial charge in [-0.2, -0.15) is 13.2 Å². The number of nitrogens with zero attached hydrogens (tertiary/aromatic N) is 2. The van der Waals surface area contributed by atoms with Gasteiger partial charge < -0.3 is 19.8 Å². The second-order valence-electron chi connectivity index (χ2n) is 8.57. The van der Waals surface area contributed by atoms with E-state index in [0.717, 1.165) is 43.0 Å². The highest BCUT2D eigenvalue weighted by Gasteiger charge is 2.34. The van der Waals surface area contributed by atoms with Crippen LogP contribution in [0, 0.1) is 0 Å². The molecule has 0 aliphatic heterocycles. The molecular formula is C25H25F3N4O2. The molecule has 3 heterocycles. The number of furan rings is 1. The molecule has 4 aromatic rings. The molecule has 1 fully saturated rings. The molecule has 0 atom stereocenters. The zero-order valence-corrected chi connectivity index (χ0v) is 18.7. The topological polar surface area (TPSA) is 63.7 Å². The Morgan fingerprint density at radius 1 is 1.12 bits per heavy atom. The SMILES string of the molecule is C=C(NC1CCC(Nc2cccc3nc(C(F)(F)F)cn23)CC1)c1cc2cccc(OC)c2o1. The second-order valence-corrected chi connectivity index (χ2v) is 8.57. The first kappa shape index (κ1) is 22.2. The van der Waals surface area contributed by atoms with Crippen molar-refractivity contribution in [1.29, 1.82) is 0 Å². The predicted molar refractivity (Wildman–Crippen MR) is 125 cm³/mol. The smallest absolute Gasteiger partial charge is 0.434 e. The van der Waals surface area contributed by atoms with Crippen LogP contribution in [0.15, 0.2) is 59.7 Å². The fraction of sp³-hybridized carbons (Fsp3) is 0.320. The minimum absolute atomic E-state index is 0.157. The van der Waals surface area contributed by atoms with E-state index in [2.05, 4.69) is 22.2 Å². The average molecular weight is 470 g/mol. The molecule has 0 unspecified atom stereocenters. The summed E-state index contributed by atoms with van der Waals surface area (Å²) in [4.78, 5) is 3.70. The van der Waals surface area contributed by atoms with Crippen LogP contribution in [-0.4, -0.2) is 28.6 Å². The normalized spacial score (nSPS) is 18.8. The van der Waals surface area contributed by atoms with Gasteiger partial charge in [-0.1, -0.05) is 24.8 Å². The van der Waals surface area contributed by atoms with E-state index < -0.39 is 11.9 Å². The number of nitrogens with one attached hydrogen (secondary N) is 2. The fourth-order valence-electron chi connectivity index (χ4n) is 4.52. The molecular weight excluding hydrogens is 445 g/mol. The summed E-state index contributed by atoms with van der Waals surface area (Å²) in [5, 5.41) is 7.82. The lowest BCUT2D eigenvalue weighted by molar-refractivity contribution is -0.140. The molecule has 0 bridgehead atoms. The minimum atomic E-state index is -4.47. The highest BCUT2D eigenvalue weighted by molar-refractivity contribution is 5.86. The summed E-state index contributed by atoms with van der Waals surface area (Å²) >= 11 is 0. The van der Waals surface area contributed by atoms with Crippen molar-refractivity contribution in [3.63, 3.8) is 0 Å². The highest BCUT2D eigenvalue weighted by Crippen LogP contribution is 2.32. The van der Waals surface area contributed by atoms with Crippen molar-refractivity contribution in [2.45, 2.75) is 43.9 Å². The molecule has 3 aromatic heterocycles. The van der Waals surface area contributed by atoms with E-state index in [9.17, 15) is 13.2 Å². The number of anilines is 1. The van der Waals surface area contributed by atoms with Crippen LogP contribution >= 0.6 is 0 Å². The van der Waals surface area contributed by atoms with Gasteiger partial charge in [0.15, 0.2) is 22.8 Å². The van der Waals surface area contributed by atoms with Crippen LogP contribution in [0.1, 0.15) is 37.1 Å². The first-order valence-corrected chi connectivity index (χ1v) is 11.2. The number of pyridine rings is 1. The van der Waals surface area contributed by atoms with Crippen LogP contribution in [0.25, 0.3) is 22.3 Å². The molecule has 0 spiro atoms. The Morgan fingerprint density at radius 2 is 1.85 bits per heavy atom. The predicted octanol–water partition coefficient (Wildman–Crippen LogP) is 6.09. The molecule has 5 rings (SSSR count). The molecule has 2 N–H and O–H groups in total. The van der Waals surface area contributed by atoms with Gasteiger partial charge in [0.05, 0.1) is 12.8 Å². The van der Waals surface area contributed by atoms with Crippen molar-refractivity contribution in [3.8, 4) is 5.75 Å². The summed E-state index contributed by atoms with van der Waals surface area (Å²) in [7, 11) is 1.61. The summed E-state index contributed by atoms with van der Waals surface area (Å²) in [6.07, 6.45) is 0.103. The summed E-state index contributed by atoms with van der Waals surface area (Å²) in [6, 6.07) is 13.1. The summed E-state index contributed by atoms with van der Waals surface area (Å²) in [5.41, 5.74) is 0.790. The third-order valence-corrected chi connectivity index (χ3v) is 6.27. The van der Waals surface area contributed by atoms with Crippen LogP contribution in [0.5, 0.6) is 5.75 Å². The van der Waals surface area contributed by atoms with Crippen molar-refractivity contribution in [2.24, 2.45) is 0 Å². The van der Waals surface area contributed by atoms with Gasteiger partial charge in [0.2, 0.25) is 0 Å². The number of hydrogen-bond donors (Lipinski definition) is 2. The van der Waals surface area contributed by atoms with E-state index in [0.29, 0.717) is 22.9 Å². The molecule has 0 radical (unpaired) electrons. The molecule has 0 saturated heterocycles. The van der Waals surface area contributed by atoms with Gasteiger partial charge in [-0.15, -0.1) is 0 Å². The van der Waals surface area contributed by atoms with E-state index in [-0.39, 0.29) is 17.7 Å². The minimum Gasteiger partial charge on any atom is -0.493 e. The van der Waals surface area contributed by atoms with Gasteiger partial charge in [-0.3, -0.25) is 4.40 Å². The molecule has 6 nitrogen and oxygen atoms in total. The number of halogens is 3. The zero-order chi connectivity index (χ0) is 23.9. The van der Waals surface area contributed by atoms with E-state index in [1.54, 1.807) is 25.3 Å². The summed E-state index contributed by atoms with van der Waals surface area (Å²) in [5.74, 6) is 1.96. The maximum atomic E-state index is 13.1. The lowest BCUT2D eigenvalue weighted by atomic mass is 9.91. The Labute approximate surface area is 194 Å². The van der Waals surface area contributed by atoms with Gasteiger partial charge in [-0.25, -0.2) is 4.98 Å². The number of benzene rings is 1. The molecule has 1 aliphatic rings. The standard InChI is InChI=1S/C25H25F3N4O2/c1-15(20-13-16-5-3-6-19(33-2)24(16)34-20)29-17-9-11-18(12-10-17)30-22-7-4-8-23-31-21(14-32(22)23)25(26,27)28/h3-8,13-14,17-18,29-30H,1,9-12H2,2H3. The average Bonchev–Trinajstić information content (AvgIpc) is 3.45. The molecule has 9 heteroatoms. The van der Waals surface area contributed by atoms with Crippen molar-refractivity contribution in [2.75, 3.05) is 12.4 Å². The van der Waals surface area contributed by atoms with Crippen molar-refractivity contribution in [1.82, 2.24) is 14.7 Å². The van der Waals surface area contributed by atoms with Crippen LogP contribution in [0.3, 0.4) is 0 Å². The Hall–Kier alpha value is -3.62. The van der Waals surface area contributed by atoms with E-state index in [1.165, 1.54) is 4.40 Å². The number of fused-ring (bicyclic) bond motifs is 2. The summed E-state index contributed by atoms with van der Waals surface area (Å²) < 4.78 is 52.0. The Balaban J connectivity index is 1.21. The molecule has 1 saturated carbocycles. The maximum absolute atomic E-state index is 13.1. The van der Waals surface area contributed by atoms with Crippen molar-refractivity contribution in [3.05, 3.63) is 66.7 Å². The molecule has 1 aromatic carbocycles. The molecule has 0 amide bonds. The molecule has 178 valence electrons. The quantitative estimate of drug-likeness (QED) is 0.357. The Kier molecular flexibility index (Phi) is 5.63. The number of hydrogen-bond acceptors (Lipinski definition) is 5. The lowest BCUT2D eigenvalue weighted by Crippen LogP contribution is -2.36. The molecule has 34 heavy (non-hydrogen) atoms. The van der Waals surface area contributed by atoms with Gasteiger partial charge in [-0.05, 0) is 49.9 Å². The first-order chi connectivity index (χ1) is 16.3. The molecule has 1 aliphatic carbocycles. The third-order valence-electron chi connectivity index (χ3n) is 6.27. The van der Waals surface area contributed by atoms with Crippen LogP contribution in [-0.2, 0) is 6.18 Å². The Bertz CT molecular complexity index is 1330. The first-order valence-electron chi connectivity index (χ1n) is 11.2. The summed E-state index contributed by atoms with van der Waals surface area (Å²) in [6.45, 7) is 4.15. The number of rotatable bonds is 6. The Morgan fingerprint density at radius 3 is 2.59 bits per heavy atom. The lowest BCUT2D eigenvalue weighted by Gasteiger charge is -2.31. The van der Waals surface area contributed by atoms with Crippen molar-refractivity contribution < 1.29 is 22.3 Å². The number of ether oxygens (including phenoxy) is 1. The number of para-hydroxylation sites is 1. The van der Waals surface area contributed by atoms with Gasteiger partial charge in [0, 0.05) is 23.7 Å². The van der Waals surface area contributed by atoms with Gasteiger partial charge >= 0.3 is 6.18 Å². The van der Waals surface area contributed by atoms with Crippen LogP contribution in [0.2, 0.25) is 0 Å². The second kappa shape index (κ2) is 8.62. The van der Waals surface area contributed by atoms with Crippen molar-refractivity contribution >= 4 is 28.1 Å². The number of methoxy groups -OCH3 is 1. The van der Waals surface area contributed by atoms with Gasteiger partial charge in [0.25, 0.3) is 0 Å². The number of imidazole rings is 1. The third kappa shape index (κ3) is 4.30. The zero-order valence-electron chi connectivity index (χ0n) is 18.7. The maximum Gasteiger partial charge on any atom is 0.434 e. The van der Waals surface area contributed by atoms with E-state index in [1.807, 2.05) is 24.3 Å². The van der Waals surface area contributed by atoms with E-state index >= 15 is 0 Å². The van der Waals surface area contributed by atoms with Gasteiger partial charge in [0.1, 0.15) is 11.5 Å². The highest BCUT2D eigenvalue weighted by atomic mass is 19.4. The van der Waals surface area contributed by atoms with Crippen LogP contribution < -0.4 is 15.4 Å². The fourth-order valence-corrected chi connectivity index (χ4v) is 4.52. The van der Waals surface area contributed by atoms with Crippen LogP contribution in [0.4, 0.5) is 19.0 Å². The number of alkyl halides is 3. The van der Waals surface area contributed by atoms with E-state index in [4.69, 9.17) is 9.15 Å². The monoisotopic (exact) mass is 470 g/mol. The number of aromatic nitrogens is 2.